The van der Waals surface area contributed by atoms with Crippen LogP contribution in [0.2, 0.25) is 0 Å². The maximum absolute atomic E-state index is 12.1. The van der Waals surface area contributed by atoms with E-state index in [1.165, 1.54) is 5.56 Å². The molecule has 0 saturated heterocycles. The fraction of sp³-hybridized carbons (Fsp3) is 0.0741. The third-order valence-electron chi connectivity index (χ3n) is 4.79. The van der Waals surface area contributed by atoms with Crippen molar-refractivity contribution >= 4 is 5.97 Å². The highest BCUT2D eigenvalue weighted by molar-refractivity contribution is 5.74. The molecule has 0 aromatic heterocycles. The van der Waals surface area contributed by atoms with Crippen LogP contribution in [0.5, 0.6) is 11.5 Å². The van der Waals surface area contributed by atoms with Gasteiger partial charge < -0.3 is 9.47 Å². The molecule has 3 heteroatoms. The predicted molar refractivity (Wildman–Crippen MR) is 120 cm³/mol. The quantitative estimate of drug-likeness (QED) is 0.284. The number of ether oxygens (including phenoxy) is 2. The number of hydrogen-bond donors (Lipinski definition) is 0. The van der Waals surface area contributed by atoms with Crippen LogP contribution in [-0.4, -0.2) is 12.6 Å². The zero-order valence-electron chi connectivity index (χ0n) is 16.7. The lowest BCUT2D eigenvalue weighted by molar-refractivity contribution is -0.136. The standard InChI is InChI=1S/C27H22O3/c1-20-7-9-22(10-8-20)24-11-15-25(16-12-24)29-19-27(28)30-26-17-13-23(14-18-26)21-5-3-2-4-6-21/h2-18H,19H2,1H3. The third-order valence-corrected chi connectivity index (χ3v) is 4.79. The molecule has 4 aromatic carbocycles. The minimum Gasteiger partial charge on any atom is -0.482 e. The topological polar surface area (TPSA) is 35.5 Å². The summed E-state index contributed by atoms with van der Waals surface area (Å²) in [5.41, 5.74) is 5.66. The molecule has 30 heavy (non-hydrogen) atoms. The highest BCUT2D eigenvalue weighted by Crippen LogP contribution is 2.24. The van der Waals surface area contributed by atoms with E-state index in [1.807, 2.05) is 66.7 Å². The summed E-state index contributed by atoms with van der Waals surface area (Å²) < 4.78 is 10.9. The van der Waals surface area contributed by atoms with Gasteiger partial charge >= 0.3 is 5.97 Å². The van der Waals surface area contributed by atoms with Gasteiger partial charge in [0, 0.05) is 0 Å². The second-order valence-electron chi connectivity index (χ2n) is 7.04. The van der Waals surface area contributed by atoms with Crippen molar-refractivity contribution in [1.29, 1.82) is 0 Å². The SMILES string of the molecule is Cc1ccc(-c2ccc(OCC(=O)Oc3ccc(-c4ccccc4)cc3)cc2)cc1. The molecular weight excluding hydrogens is 372 g/mol. The minimum absolute atomic E-state index is 0.148. The van der Waals surface area contributed by atoms with Crippen LogP contribution in [0.15, 0.2) is 103 Å². The van der Waals surface area contributed by atoms with E-state index >= 15 is 0 Å². The maximum atomic E-state index is 12.1. The molecule has 3 nitrogen and oxygen atoms in total. The number of esters is 1. The van der Waals surface area contributed by atoms with Crippen LogP contribution in [0, 0.1) is 6.92 Å². The second-order valence-corrected chi connectivity index (χ2v) is 7.04. The van der Waals surface area contributed by atoms with Crippen LogP contribution in [0.25, 0.3) is 22.3 Å². The van der Waals surface area contributed by atoms with Crippen molar-refractivity contribution in [2.24, 2.45) is 0 Å². The third kappa shape index (κ3) is 4.95. The Morgan fingerprint density at radius 3 is 1.63 bits per heavy atom. The Hall–Kier alpha value is -3.85. The highest BCUT2D eigenvalue weighted by Gasteiger charge is 2.07. The number of aryl methyl sites for hydroxylation is 1. The van der Waals surface area contributed by atoms with Crippen LogP contribution in [0.4, 0.5) is 0 Å². The number of rotatable bonds is 6. The normalized spacial score (nSPS) is 10.4. The monoisotopic (exact) mass is 394 g/mol. The minimum atomic E-state index is -0.440. The van der Waals surface area contributed by atoms with E-state index in [-0.39, 0.29) is 6.61 Å². The number of hydrogen-bond acceptors (Lipinski definition) is 3. The molecule has 0 aliphatic heterocycles. The van der Waals surface area contributed by atoms with Crippen molar-refractivity contribution in [2.45, 2.75) is 6.92 Å². The molecule has 0 fully saturated rings. The lowest BCUT2D eigenvalue weighted by Crippen LogP contribution is -2.17. The number of carbonyl (C=O) groups excluding carboxylic acids is 1. The molecule has 0 atom stereocenters. The summed E-state index contributed by atoms with van der Waals surface area (Å²) in [4.78, 5) is 12.1. The van der Waals surface area contributed by atoms with E-state index in [0.29, 0.717) is 11.5 Å². The van der Waals surface area contributed by atoms with E-state index in [1.54, 1.807) is 12.1 Å². The van der Waals surface area contributed by atoms with E-state index in [4.69, 9.17) is 9.47 Å². The van der Waals surface area contributed by atoms with E-state index in [2.05, 4.69) is 31.2 Å². The highest BCUT2D eigenvalue weighted by atomic mass is 16.6. The van der Waals surface area contributed by atoms with Crippen molar-refractivity contribution in [3.05, 3.63) is 109 Å². The van der Waals surface area contributed by atoms with Crippen molar-refractivity contribution in [1.82, 2.24) is 0 Å². The lowest BCUT2D eigenvalue weighted by Gasteiger charge is -2.09. The molecule has 4 rings (SSSR count). The fourth-order valence-corrected chi connectivity index (χ4v) is 3.14. The average Bonchev–Trinajstić information content (AvgIpc) is 2.80. The maximum Gasteiger partial charge on any atom is 0.349 e. The van der Waals surface area contributed by atoms with E-state index in [0.717, 1.165) is 22.3 Å². The largest absolute Gasteiger partial charge is 0.482 e. The van der Waals surface area contributed by atoms with Gasteiger partial charge in [0.2, 0.25) is 0 Å². The number of carbonyl (C=O) groups is 1. The zero-order valence-corrected chi connectivity index (χ0v) is 16.7. The Morgan fingerprint density at radius 1 is 0.600 bits per heavy atom. The molecule has 0 aliphatic rings. The zero-order chi connectivity index (χ0) is 20.8. The van der Waals surface area contributed by atoms with Gasteiger partial charge in [0.25, 0.3) is 0 Å². The van der Waals surface area contributed by atoms with Crippen molar-refractivity contribution < 1.29 is 14.3 Å². The van der Waals surface area contributed by atoms with Gasteiger partial charge in [0.15, 0.2) is 6.61 Å². The second kappa shape index (κ2) is 9.10. The summed E-state index contributed by atoms with van der Waals surface area (Å²) in [5.74, 6) is 0.685. The van der Waals surface area contributed by atoms with Crippen LogP contribution < -0.4 is 9.47 Å². The molecule has 0 unspecified atom stereocenters. The van der Waals surface area contributed by atoms with Crippen molar-refractivity contribution in [3.8, 4) is 33.8 Å². The summed E-state index contributed by atoms with van der Waals surface area (Å²) in [5, 5.41) is 0. The molecule has 0 heterocycles. The molecule has 0 spiro atoms. The Balaban J connectivity index is 1.31. The lowest BCUT2D eigenvalue weighted by atomic mass is 10.0. The molecule has 0 amide bonds. The summed E-state index contributed by atoms with van der Waals surface area (Å²) in [6, 6.07) is 33.5. The molecular formula is C27H22O3. The molecule has 4 aromatic rings. The Labute approximate surface area is 176 Å². The van der Waals surface area contributed by atoms with Crippen LogP contribution in [0.3, 0.4) is 0 Å². The molecule has 148 valence electrons. The van der Waals surface area contributed by atoms with Crippen molar-refractivity contribution in [2.75, 3.05) is 6.61 Å². The first-order chi connectivity index (χ1) is 14.7. The Kier molecular flexibility index (Phi) is 5.90. The van der Waals surface area contributed by atoms with Gasteiger partial charge in [0.05, 0.1) is 0 Å². The van der Waals surface area contributed by atoms with E-state index < -0.39 is 5.97 Å². The van der Waals surface area contributed by atoms with Gasteiger partial charge in [-0.2, -0.15) is 0 Å². The summed E-state index contributed by atoms with van der Waals surface area (Å²) in [6.45, 7) is 1.92. The smallest absolute Gasteiger partial charge is 0.349 e. The molecule has 0 radical (unpaired) electrons. The van der Waals surface area contributed by atoms with Gasteiger partial charge in [0.1, 0.15) is 11.5 Å². The first kappa shape index (κ1) is 19.5. The van der Waals surface area contributed by atoms with Crippen LogP contribution in [-0.2, 0) is 4.79 Å². The van der Waals surface area contributed by atoms with Gasteiger partial charge in [-0.3, -0.25) is 0 Å². The van der Waals surface area contributed by atoms with Crippen molar-refractivity contribution in [3.63, 3.8) is 0 Å². The average molecular weight is 394 g/mol. The molecule has 0 saturated carbocycles. The Morgan fingerprint density at radius 2 is 1.07 bits per heavy atom. The first-order valence-electron chi connectivity index (χ1n) is 9.83. The van der Waals surface area contributed by atoms with Crippen LogP contribution in [0.1, 0.15) is 5.56 Å². The Bertz CT molecular complexity index is 1100. The first-order valence-corrected chi connectivity index (χ1v) is 9.83. The fourth-order valence-electron chi connectivity index (χ4n) is 3.14. The summed E-state index contributed by atoms with van der Waals surface area (Å²) >= 11 is 0. The van der Waals surface area contributed by atoms with Gasteiger partial charge in [-0.15, -0.1) is 0 Å². The summed E-state index contributed by atoms with van der Waals surface area (Å²) in [7, 11) is 0. The molecule has 0 aliphatic carbocycles. The summed E-state index contributed by atoms with van der Waals surface area (Å²) in [6.07, 6.45) is 0. The molecule has 0 bridgehead atoms. The van der Waals surface area contributed by atoms with E-state index in [9.17, 15) is 4.79 Å². The number of benzene rings is 4. The van der Waals surface area contributed by atoms with Gasteiger partial charge in [-0.1, -0.05) is 84.4 Å². The van der Waals surface area contributed by atoms with Gasteiger partial charge in [-0.25, -0.2) is 4.79 Å². The predicted octanol–water partition coefficient (Wildman–Crippen LogP) is 6.31. The molecule has 0 N–H and O–H groups in total. The van der Waals surface area contributed by atoms with Crippen LogP contribution >= 0.6 is 0 Å². The van der Waals surface area contributed by atoms with Gasteiger partial charge in [-0.05, 0) is 53.4 Å².